The monoisotopic (exact) mass is 241 g/mol. The van der Waals surface area contributed by atoms with Crippen molar-refractivity contribution in [1.29, 1.82) is 0 Å². The highest BCUT2D eigenvalue weighted by molar-refractivity contribution is 5.76. The number of hydrogen-bond donors (Lipinski definition) is 1. The highest BCUT2D eigenvalue weighted by atomic mass is 15.1. The van der Waals surface area contributed by atoms with Gasteiger partial charge in [-0.2, -0.15) is 0 Å². The molecule has 2 bridgehead atoms. The van der Waals surface area contributed by atoms with E-state index in [1.54, 1.807) is 0 Å². The molecule has 2 aliphatic carbocycles. The van der Waals surface area contributed by atoms with Crippen LogP contribution in [-0.2, 0) is 7.05 Å². The van der Waals surface area contributed by atoms with Gasteiger partial charge < -0.3 is 10.3 Å². The second-order valence-corrected chi connectivity index (χ2v) is 5.95. The first-order chi connectivity index (χ1) is 8.75. The van der Waals surface area contributed by atoms with Gasteiger partial charge in [-0.3, -0.25) is 0 Å². The first-order valence-electron chi connectivity index (χ1n) is 6.92. The Bertz CT molecular complexity index is 599. The molecule has 1 aromatic heterocycles. The lowest BCUT2D eigenvalue weighted by Gasteiger charge is -2.27. The number of imidazole rings is 1. The number of aryl methyl sites for hydroxylation is 1. The van der Waals surface area contributed by atoms with E-state index in [0.717, 1.165) is 17.4 Å². The van der Waals surface area contributed by atoms with Crippen molar-refractivity contribution in [3.63, 3.8) is 0 Å². The fraction of sp³-hybridized carbons (Fsp3) is 0.533. The molecule has 2 fully saturated rings. The number of benzene rings is 1. The summed E-state index contributed by atoms with van der Waals surface area (Å²) in [4.78, 5) is 4.85. The molecule has 0 amide bonds. The van der Waals surface area contributed by atoms with E-state index in [1.807, 2.05) is 0 Å². The molecule has 0 saturated heterocycles. The molecule has 3 nitrogen and oxygen atoms in total. The van der Waals surface area contributed by atoms with Crippen molar-refractivity contribution >= 4 is 11.0 Å². The Labute approximate surface area is 107 Å². The number of aromatic nitrogens is 2. The normalized spacial score (nSPS) is 34.6. The SMILES string of the molecule is Cn1c(C2C3CCC(C3)C2N)nc2ccccc21. The Kier molecular flexibility index (Phi) is 2.10. The second kappa shape index (κ2) is 3.58. The van der Waals surface area contributed by atoms with Gasteiger partial charge in [0.05, 0.1) is 11.0 Å². The molecule has 2 aliphatic rings. The Morgan fingerprint density at radius 2 is 2.00 bits per heavy atom. The van der Waals surface area contributed by atoms with Crippen molar-refractivity contribution in [2.45, 2.75) is 31.2 Å². The lowest BCUT2D eigenvalue weighted by Crippen LogP contribution is -2.35. The van der Waals surface area contributed by atoms with E-state index >= 15 is 0 Å². The highest BCUT2D eigenvalue weighted by Gasteiger charge is 2.48. The van der Waals surface area contributed by atoms with Gasteiger partial charge >= 0.3 is 0 Å². The standard InChI is InChI=1S/C15H19N3/c1-18-12-5-3-2-4-11(12)17-15(18)13-9-6-7-10(8-9)14(13)16/h2-5,9-10,13-14H,6-8,16H2,1H3. The van der Waals surface area contributed by atoms with Crippen LogP contribution in [-0.4, -0.2) is 15.6 Å². The summed E-state index contributed by atoms with van der Waals surface area (Å²) in [5.41, 5.74) is 8.76. The van der Waals surface area contributed by atoms with Gasteiger partial charge in [-0.25, -0.2) is 4.98 Å². The third kappa shape index (κ3) is 1.25. The third-order valence-corrected chi connectivity index (χ3v) is 5.10. The fourth-order valence-corrected chi connectivity index (χ4v) is 4.18. The molecule has 3 heteroatoms. The summed E-state index contributed by atoms with van der Waals surface area (Å²) in [7, 11) is 2.13. The van der Waals surface area contributed by atoms with E-state index in [1.165, 1.54) is 30.6 Å². The van der Waals surface area contributed by atoms with Crippen molar-refractivity contribution in [2.75, 3.05) is 0 Å². The van der Waals surface area contributed by atoms with Gasteiger partial charge in [-0.1, -0.05) is 12.1 Å². The molecule has 4 rings (SSSR count). The first kappa shape index (κ1) is 10.6. The van der Waals surface area contributed by atoms with E-state index in [4.69, 9.17) is 10.7 Å². The van der Waals surface area contributed by atoms with Crippen molar-refractivity contribution in [2.24, 2.45) is 24.6 Å². The molecule has 2 N–H and O–H groups in total. The molecule has 0 radical (unpaired) electrons. The minimum Gasteiger partial charge on any atom is -0.331 e. The third-order valence-electron chi connectivity index (χ3n) is 5.10. The molecule has 0 spiro atoms. The second-order valence-electron chi connectivity index (χ2n) is 5.95. The van der Waals surface area contributed by atoms with E-state index < -0.39 is 0 Å². The van der Waals surface area contributed by atoms with Crippen LogP contribution in [0.1, 0.15) is 31.0 Å². The Morgan fingerprint density at radius 3 is 2.72 bits per heavy atom. The van der Waals surface area contributed by atoms with Gasteiger partial charge in [0.15, 0.2) is 0 Å². The van der Waals surface area contributed by atoms with Crippen LogP contribution in [0, 0.1) is 11.8 Å². The van der Waals surface area contributed by atoms with Crippen LogP contribution in [0.15, 0.2) is 24.3 Å². The minimum absolute atomic E-state index is 0.319. The number of fused-ring (bicyclic) bond motifs is 3. The molecule has 4 atom stereocenters. The fourth-order valence-electron chi connectivity index (χ4n) is 4.18. The van der Waals surface area contributed by atoms with Crippen LogP contribution in [0.4, 0.5) is 0 Å². The van der Waals surface area contributed by atoms with Gasteiger partial charge in [0.1, 0.15) is 5.82 Å². The molecule has 2 saturated carbocycles. The molecule has 1 heterocycles. The summed E-state index contributed by atoms with van der Waals surface area (Å²) < 4.78 is 2.25. The number of nitrogens with zero attached hydrogens (tertiary/aromatic N) is 2. The smallest absolute Gasteiger partial charge is 0.114 e. The maximum absolute atomic E-state index is 6.43. The van der Waals surface area contributed by atoms with Crippen molar-refractivity contribution in [1.82, 2.24) is 9.55 Å². The average molecular weight is 241 g/mol. The van der Waals surface area contributed by atoms with Gasteiger partial charge in [-0.15, -0.1) is 0 Å². The van der Waals surface area contributed by atoms with Crippen LogP contribution < -0.4 is 5.73 Å². The summed E-state index contributed by atoms with van der Waals surface area (Å²) >= 11 is 0. The molecule has 1 aromatic carbocycles. The van der Waals surface area contributed by atoms with Crippen molar-refractivity contribution in [3.8, 4) is 0 Å². The molecular weight excluding hydrogens is 222 g/mol. The van der Waals surface area contributed by atoms with E-state index in [2.05, 4.69) is 35.9 Å². The zero-order valence-corrected chi connectivity index (χ0v) is 10.7. The van der Waals surface area contributed by atoms with Crippen molar-refractivity contribution in [3.05, 3.63) is 30.1 Å². The molecular formula is C15H19N3. The van der Waals surface area contributed by atoms with E-state index in [-0.39, 0.29) is 0 Å². The quantitative estimate of drug-likeness (QED) is 0.833. The number of para-hydroxylation sites is 2. The summed E-state index contributed by atoms with van der Waals surface area (Å²) in [5.74, 6) is 3.18. The largest absolute Gasteiger partial charge is 0.331 e. The van der Waals surface area contributed by atoms with Crippen LogP contribution >= 0.6 is 0 Å². The summed E-state index contributed by atoms with van der Waals surface area (Å²) in [6.07, 6.45) is 3.98. The first-order valence-corrected chi connectivity index (χ1v) is 6.92. The lowest BCUT2D eigenvalue weighted by molar-refractivity contribution is 0.350. The molecule has 2 aromatic rings. The Morgan fingerprint density at radius 1 is 1.22 bits per heavy atom. The van der Waals surface area contributed by atoms with Crippen molar-refractivity contribution < 1.29 is 0 Å². The zero-order valence-electron chi connectivity index (χ0n) is 10.7. The summed E-state index contributed by atoms with van der Waals surface area (Å²) in [5, 5.41) is 0. The summed E-state index contributed by atoms with van der Waals surface area (Å²) in [6, 6.07) is 8.69. The predicted molar refractivity (Wildman–Crippen MR) is 72.3 cm³/mol. The van der Waals surface area contributed by atoms with E-state index in [9.17, 15) is 0 Å². The molecule has 18 heavy (non-hydrogen) atoms. The van der Waals surface area contributed by atoms with Crippen LogP contribution in [0.25, 0.3) is 11.0 Å². The predicted octanol–water partition coefficient (Wildman–Crippen LogP) is 2.41. The van der Waals surface area contributed by atoms with Gasteiger partial charge in [0, 0.05) is 19.0 Å². The maximum Gasteiger partial charge on any atom is 0.114 e. The number of nitrogens with two attached hydrogens (primary N) is 1. The maximum atomic E-state index is 6.43. The van der Waals surface area contributed by atoms with Gasteiger partial charge in [0.25, 0.3) is 0 Å². The molecule has 4 unspecified atom stereocenters. The Balaban J connectivity index is 1.85. The Hall–Kier alpha value is -1.35. The topological polar surface area (TPSA) is 43.8 Å². The highest BCUT2D eigenvalue weighted by Crippen LogP contribution is 2.52. The van der Waals surface area contributed by atoms with E-state index in [0.29, 0.717) is 12.0 Å². The van der Waals surface area contributed by atoms with Gasteiger partial charge in [-0.05, 0) is 43.2 Å². The molecule has 0 aliphatic heterocycles. The van der Waals surface area contributed by atoms with Crippen LogP contribution in [0.3, 0.4) is 0 Å². The lowest BCUT2D eigenvalue weighted by atomic mass is 9.84. The van der Waals surface area contributed by atoms with Gasteiger partial charge in [0.2, 0.25) is 0 Å². The minimum atomic E-state index is 0.319. The van der Waals surface area contributed by atoms with Crippen LogP contribution in [0.5, 0.6) is 0 Å². The van der Waals surface area contributed by atoms with Crippen LogP contribution in [0.2, 0.25) is 0 Å². The number of hydrogen-bond acceptors (Lipinski definition) is 2. The zero-order chi connectivity index (χ0) is 12.3. The number of rotatable bonds is 1. The molecule has 94 valence electrons. The summed E-state index contributed by atoms with van der Waals surface area (Å²) in [6.45, 7) is 0. The average Bonchev–Trinajstić information content (AvgIpc) is 3.04.